The summed E-state index contributed by atoms with van der Waals surface area (Å²) in [5.41, 5.74) is 1.22. The number of fused-ring (bicyclic) bond motifs is 1. The third-order valence-corrected chi connectivity index (χ3v) is 6.17. The molecule has 0 bridgehead atoms. The highest BCUT2D eigenvalue weighted by Crippen LogP contribution is 2.31. The van der Waals surface area contributed by atoms with Gasteiger partial charge in [0.25, 0.3) is 0 Å². The van der Waals surface area contributed by atoms with Crippen molar-refractivity contribution in [1.82, 2.24) is 9.88 Å². The number of hydrogen-bond donors (Lipinski definition) is 2. The highest BCUT2D eigenvalue weighted by molar-refractivity contribution is 6.35. The Labute approximate surface area is 196 Å². The summed E-state index contributed by atoms with van der Waals surface area (Å²) in [5.74, 6) is -0.102. The van der Waals surface area contributed by atoms with Crippen molar-refractivity contribution in [3.8, 4) is 0 Å². The number of halogens is 3. The summed E-state index contributed by atoms with van der Waals surface area (Å²) < 4.78 is 13.7. The molecule has 0 unspecified atom stereocenters. The van der Waals surface area contributed by atoms with Gasteiger partial charge in [0.05, 0.1) is 10.0 Å². The van der Waals surface area contributed by atoms with Crippen LogP contribution >= 0.6 is 23.2 Å². The van der Waals surface area contributed by atoms with E-state index in [1.807, 2.05) is 24.3 Å². The standard InChI is InChI=1S/C24H25Cl2FN4O/c25-20-14-18(15-21(26)23(20)27)30-24-19-13-17(7-6-16(19)8-9-28-24)29-22(32)5-4-12-31-10-2-1-3-11-31/h6-9,13-15H,1-5,10-12H2,(H,28,30)(H,29,32). The Balaban J connectivity index is 1.44. The van der Waals surface area contributed by atoms with E-state index in [1.165, 1.54) is 31.4 Å². The van der Waals surface area contributed by atoms with Gasteiger partial charge in [0, 0.05) is 29.4 Å². The van der Waals surface area contributed by atoms with Crippen molar-refractivity contribution in [2.24, 2.45) is 0 Å². The fourth-order valence-corrected chi connectivity index (χ4v) is 4.47. The number of hydrogen-bond acceptors (Lipinski definition) is 4. The topological polar surface area (TPSA) is 57.3 Å². The van der Waals surface area contributed by atoms with Crippen molar-refractivity contribution >= 4 is 57.1 Å². The number of likely N-dealkylation sites (tertiary alicyclic amines) is 1. The number of nitrogens with zero attached hydrogens (tertiary/aromatic N) is 2. The average Bonchev–Trinajstić information content (AvgIpc) is 2.78. The molecule has 2 heterocycles. The van der Waals surface area contributed by atoms with Crippen LogP contribution in [0.1, 0.15) is 32.1 Å². The number of pyridine rings is 1. The van der Waals surface area contributed by atoms with Crippen molar-refractivity contribution in [3.63, 3.8) is 0 Å². The number of aromatic nitrogens is 1. The van der Waals surface area contributed by atoms with Gasteiger partial charge in [-0.05, 0) is 74.6 Å². The third kappa shape index (κ3) is 5.68. The maximum Gasteiger partial charge on any atom is 0.224 e. The van der Waals surface area contributed by atoms with E-state index in [0.29, 0.717) is 23.6 Å². The molecule has 1 fully saturated rings. The molecule has 5 nitrogen and oxygen atoms in total. The van der Waals surface area contributed by atoms with Crippen LogP contribution in [0, 0.1) is 5.82 Å². The molecule has 2 N–H and O–H groups in total. The quantitative estimate of drug-likeness (QED) is 0.377. The van der Waals surface area contributed by atoms with Crippen LogP contribution in [0.25, 0.3) is 10.8 Å². The second-order valence-corrected chi connectivity index (χ2v) is 8.84. The van der Waals surface area contributed by atoms with Gasteiger partial charge in [0.15, 0.2) is 5.82 Å². The van der Waals surface area contributed by atoms with Gasteiger partial charge in [0.1, 0.15) is 5.82 Å². The Kier molecular flexibility index (Phi) is 7.45. The first-order chi connectivity index (χ1) is 15.5. The number of nitrogens with one attached hydrogen (secondary N) is 2. The van der Waals surface area contributed by atoms with Crippen LogP contribution in [-0.4, -0.2) is 35.4 Å². The van der Waals surface area contributed by atoms with Gasteiger partial charge >= 0.3 is 0 Å². The summed E-state index contributed by atoms with van der Waals surface area (Å²) in [4.78, 5) is 19.3. The number of anilines is 3. The molecule has 0 spiro atoms. The van der Waals surface area contributed by atoms with Crippen LogP contribution in [-0.2, 0) is 4.79 Å². The first-order valence-electron chi connectivity index (χ1n) is 10.8. The molecule has 8 heteroatoms. The monoisotopic (exact) mass is 474 g/mol. The van der Waals surface area contributed by atoms with E-state index in [-0.39, 0.29) is 16.0 Å². The number of amides is 1. The molecule has 0 saturated carbocycles. The lowest BCUT2D eigenvalue weighted by atomic mass is 10.1. The largest absolute Gasteiger partial charge is 0.340 e. The molecule has 168 valence electrons. The van der Waals surface area contributed by atoms with Crippen LogP contribution in [0.2, 0.25) is 10.0 Å². The van der Waals surface area contributed by atoms with Gasteiger partial charge < -0.3 is 15.5 Å². The SMILES string of the molecule is O=C(CCCN1CCCCC1)Nc1ccc2ccnc(Nc3cc(Cl)c(F)c(Cl)c3)c2c1. The second kappa shape index (κ2) is 10.5. The molecular weight excluding hydrogens is 450 g/mol. The molecule has 0 atom stereocenters. The van der Waals surface area contributed by atoms with Gasteiger partial charge in [-0.3, -0.25) is 4.79 Å². The van der Waals surface area contributed by atoms with E-state index in [0.717, 1.165) is 36.8 Å². The maximum absolute atomic E-state index is 13.7. The predicted molar refractivity (Wildman–Crippen MR) is 130 cm³/mol. The van der Waals surface area contributed by atoms with Crippen molar-refractivity contribution in [1.29, 1.82) is 0 Å². The summed E-state index contributed by atoms with van der Waals surface area (Å²) >= 11 is 11.8. The fraction of sp³-hybridized carbons (Fsp3) is 0.333. The number of benzene rings is 2. The Morgan fingerprint density at radius 1 is 1.03 bits per heavy atom. The van der Waals surface area contributed by atoms with Crippen LogP contribution < -0.4 is 10.6 Å². The van der Waals surface area contributed by atoms with E-state index in [2.05, 4.69) is 20.5 Å². The molecular formula is C24H25Cl2FN4O. The minimum atomic E-state index is -0.657. The molecule has 1 saturated heterocycles. The van der Waals surface area contributed by atoms with Crippen molar-refractivity contribution in [3.05, 3.63) is 58.5 Å². The lowest BCUT2D eigenvalue weighted by Crippen LogP contribution is -2.31. The van der Waals surface area contributed by atoms with Crippen molar-refractivity contribution in [2.75, 3.05) is 30.3 Å². The van der Waals surface area contributed by atoms with Gasteiger partial charge in [-0.15, -0.1) is 0 Å². The molecule has 4 rings (SSSR count). The van der Waals surface area contributed by atoms with Crippen LogP contribution in [0.4, 0.5) is 21.6 Å². The van der Waals surface area contributed by atoms with E-state index >= 15 is 0 Å². The van der Waals surface area contributed by atoms with E-state index in [9.17, 15) is 9.18 Å². The summed E-state index contributed by atoms with van der Waals surface area (Å²) in [7, 11) is 0. The number of piperidine rings is 1. The Morgan fingerprint density at radius 2 is 1.78 bits per heavy atom. The predicted octanol–water partition coefficient (Wildman–Crippen LogP) is 6.63. The highest BCUT2D eigenvalue weighted by Gasteiger charge is 2.12. The van der Waals surface area contributed by atoms with Crippen molar-refractivity contribution in [2.45, 2.75) is 32.1 Å². The highest BCUT2D eigenvalue weighted by atomic mass is 35.5. The van der Waals surface area contributed by atoms with E-state index < -0.39 is 5.82 Å². The first kappa shape index (κ1) is 22.8. The third-order valence-electron chi connectivity index (χ3n) is 5.62. The Morgan fingerprint density at radius 3 is 2.53 bits per heavy atom. The molecule has 1 amide bonds. The average molecular weight is 475 g/mol. The van der Waals surface area contributed by atoms with E-state index in [4.69, 9.17) is 23.2 Å². The van der Waals surface area contributed by atoms with Crippen molar-refractivity contribution < 1.29 is 9.18 Å². The van der Waals surface area contributed by atoms with Gasteiger partial charge in [-0.25, -0.2) is 9.37 Å². The maximum atomic E-state index is 13.7. The zero-order valence-electron chi connectivity index (χ0n) is 17.6. The van der Waals surface area contributed by atoms with Gasteiger partial charge in [0.2, 0.25) is 5.91 Å². The van der Waals surface area contributed by atoms with Crippen LogP contribution in [0.5, 0.6) is 0 Å². The zero-order valence-corrected chi connectivity index (χ0v) is 19.1. The fourth-order valence-electron chi connectivity index (χ4n) is 3.98. The van der Waals surface area contributed by atoms with Crippen LogP contribution in [0.3, 0.4) is 0 Å². The van der Waals surface area contributed by atoms with Gasteiger partial charge in [-0.2, -0.15) is 0 Å². The molecule has 1 aromatic heterocycles. The second-order valence-electron chi connectivity index (χ2n) is 8.03. The van der Waals surface area contributed by atoms with Gasteiger partial charge in [-0.1, -0.05) is 35.7 Å². The smallest absolute Gasteiger partial charge is 0.224 e. The number of carbonyl (C=O) groups is 1. The zero-order chi connectivity index (χ0) is 22.5. The molecule has 1 aliphatic heterocycles. The number of carbonyl (C=O) groups excluding carboxylic acids is 1. The summed E-state index contributed by atoms with van der Waals surface area (Å²) in [5, 5.41) is 7.75. The summed E-state index contributed by atoms with van der Waals surface area (Å²) in [6, 6.07) is 10.5. The minimum Gasteiger partial charge on any atom is -0.340 e. The lowest BCUT2D eigenvalue weighted by Gasteiger charge is -2.26. The molecule has 0 radical (unpaired) electrons. The van der Waals surface area contributed by atoms with E-state index in [1.54, 1.807) is 6.20 Å². The lowest BCUT2D eigenvalue weighted by molar-refractivity contribution is -0.116. The molecule has 32 heavy (non-hydrogen) atoms. The molecule has 1 aliphatic rings. The Hall–Kier alpha value is -2.41. The molecule has 3 aromatic rings. The summed E-state index contributed by atoms with van der Waals surface area (Å²) in [6.45, 7) is 3.24. The Bertz CT molecular complexity index is 1100. The molecule has 2 aromatic carbocycles. The summed E-state index contributed by atoms with van der Waals surface area (Å²) in [6.07, 6.45) is 6.83. The first-order valence-corrected chi connectivity index (χ1v) is 11.6. The normalized spacial score (nSPS) is 14.5. The minimum absolute atomic E-state index is 0.00291. The molecule has 0 aliphatic carbocycles. The number of rotatable bonds is 7. The van der Waals surface area contributed by atoms with Crippen LogP contribution in [0.15, 0.2) is 42.6 Å².